The van der Waals surface area contributed by atoms with E-state index in [2.05, 4.69) is 6.58 Å². The molecule has 2 fully saturated rings. The van der Waals surface area contributed by atoms with Crippen LogP contribution in [-0.2, 0) is 14.6 Å². The maximum absolute atomic E-state index is 11.5. The fourth-order valence-corrected chi connectivity index (χ4v) is 5.03. The third kappa shape index (κ3) is 2.14. The van der Waals surface area contributed by atoms with Gasteiger partial charge in [0.15, 0.2) is 9.84 Å². The molecule has 1 amide bonds. The molecule has 0 aromatic heterocycles. The van der Waals surface area contributed by atoms with Gasteiger partial charge in [0, 0.05) is 18.5 Å². The molecule has 4 nitrogen and oxygen atoms in total. The average Bonchev–Trinajstić information content (AvgIpc) is 2.53. The van der Waals surface area contributed by atoms with E-state index in [0.29, 0.717) is 13.0 Å². The van der Waals surface area contributed by atoms with E-state index in [9.17, 15) is 13.2 Å². The predicted molar refractivity (Wildman–Crippen MR) is 61.7 cm³/mol. The summed E-state index contributed by atoms with van der Waals surface area (Å²) in [7, 11) is -2.87. The van der Waals surface area contributed by atoms with Crippen molar-refractivity contribution in [3.8, 4) is 0 Å². The van der Waals surface area contributed by atoms with E-state index in [0.717, 1.165) is 19.4 Å². The van der Waals surface area contributed by atoms with Crippen LogP contribution in [0.1, 0.15) is 19.3 Å². The Balaban J connectivity index is 2.13. The SMILES string of the molecule is C=CC(=O)N1CCCC2(CCS(=O)(=O)C2)C1. The molecule has 1 spiro atoms. The molecule has 0 N–H and O–H groups in total. The summed E-state index contributed by atoms with van der Waals surface area (Å²) in [5.74, 6) is 0.452. The minimum Gasteiger partial charge on any atom is -0.339 e. The standard InChI is InChI=1S/C11H17NO3S/c1-2-10(13)12-6-3-4-11(8-12)5-7-16(14,15)9-11/h2H,1,3-9H2. The maximum atomic E-state index is 11.5. The van der Waals surface area contributed by atoms with E-state index < -0.39 is 9.84 Å². The van der Waals surface area contributed by atoms with Crippen molar-refractivity contribution in [2.45, 2.75) is 19.3 Å². The molecule has 2 aliphatic rings. The largest absolute Gasteiger partial charge is 0.339 e. The summed E-state index contributed by atoms with van der Waals surface area (Å²) < 4.78 is 23.1. The predicted octanol–water partition coefficient (Wildman–Crippen LogP) is 0.600. The Kier molecular flexibility index (Phi) is 2.82. The van der Waals surface area contributed by atoms with Gasteiger partial charge in [-0.05, 0) is 25.3 Å². The Hall–Kier alpha value is -0.840. The van der Waals surface area contributed by atoms with Gasteiger partial charge in [0.2, 0.25) is 5.91 Å². The first-order valence-electron chi connectivity index (χ1n) is 5.58. The van der Waals surface area contributed by atoms with E-state index in [1.165, 1.54) is 6.08 Å². The van der Waals surface area contributed by atoms with Crippen LogP contribution in [0.2, 0.25) is 0 Å². The van der Waals surface area contributed by atoms with Crippen LogP contribution in [0.3, 0.4) is 0 Å². The molecule has 90 valence electrons. The number of amides is 1. The number of carbonyl (C=O) groups excluding carboxylic acids is 1. The molecule has 2 rings (SSSR count). The van der Waals surface area contributed by atoms with Crippen LogP contribution in [-0.4, -0.2) is 43.8 Å². The molecular formula is C11H17NO3S. The first-order chi connectivity index (χ1) is 7.46. The first kappa shape index (κ1) is 11.6. The van der Waals surface area contributed by atoms with Crippen molar-refractivity contribution in [3.05, 3.63) is 12.7 Å². The van der Waals surface area contributed by atoms with Crippen LogP contribution in [0.4, 0.5) is 0 Å². The number of likely N-dealkylation sites (tertiary alicyclic amines) is 1. The molecule has 0 radical (unpaired) electrons. The van der Waals surface area contributed by atoms with Crippen molar-refractivity contribution in [1.82, 2.24) is 4.90 Å². The summed E-state index contributed by atoms with van der Waals surface area (Å²) >= 11 is 0. The molecule has 0 aliphatic carbocycles. The van der Waals surface area contributed by atoms with Crippen LogP contribution in [0.15, 0.2) is 12.7 Å². The van der Waals surface area contributed by atoms with Crippen molar-refractivity contribution in [3.63, 3.8) is 0 Å². The number of hydrogen-bond donors (Lipinski definition) is 0. The zero-order chi connectivity index (χ0) is 11.8. The molecule has 1 atom stereocenters. The first-order valence-corrected chi connectivity index (χ1v) is 7.40. The second kappa shape index (κ2) is 3.87. The van der Waals surface area contributed by atoms with Gasteiger partial charge in [0.25, 0.3) is 0 Å². The summed E-state index contributed by atoms with van der Waals surface area (Å²) in [6.45, 7) is 4.78. The molecule has 0 aromatic rings. The van der Waals surface area contributed by atoms with Gasteiger partial charge < -0.3 is 4.90 Å². The third-order valence-electron chi connectivity index (χ3n) is 3.62. The van der Waals surface area contributed by atoms with E-state index in [4.69, 9.17) is 0 Å². The Labute approximate surface area is 96.2 Å². The van der Waals surface area contributed by atoms with E-state index in [1.807, 2.05) is 0 Å². The summed E-state index contributed by atoms with van der Waals surface area (Å²) in [5.41, 5.74) is -0.171. The van der Waals surface area contributed by atoms with Crippen molar-refractivity contribution < 1.29 is 13.2 Å². The van der Waals surface area contributed by atoms with Crippen LogP contribution in [0, 0.1) is 5.41 Å². The Morgan fingerprint density at radius 2 is 2.12 bits per heavy atom. The normalized spacial score (nSPS) is 32.9. The summed E-state index contributed by atoms with van der Waals surface area (Å²) in [6, 6.07) is 0. The van der Waals surface area contributed by atoms with Crippen molar-refractivity contribution in [2.24, 2.45) is 5.41 Å². The number of carbonyl (C=O) groups is 1. The van der Waals surface area contributed by atoms with E-state index in [1.54, 1.807) is 4.90 Å². The minimum absolute atomic E-state index is 0.0802. The smallest absolute Gasteiger partial charge is 0.245 e. The van der Waals surface area contributed by atoms with Gasteiger partial charge in [-0.3, -0.25) is 4.79 Å². The second-order valence-electron chi connectivity index (χ2n) is 4.91. The second-order valence-corrected chi connectivity index (χ2v) is 7.09. The number of hydrogen-bond acceptors (Lipinski definition) is 3. The van der Waals surface area contributed by atoms with Crippen LogP contribution in [0.25, 0.3) is 0 Å². The molecule has 16 heavy (non-hydrogen) atoms. The molecule has 0 aromatic carbocycles. The van der Waals surface area contributed by atoms with Crippen molar-refractivity contribution >= 4 is 15.7 Å². The zero-order valence-corrected chi connectivity index (χ0v) is 10.1. The monoisotopic (exact) mass is 243 g/mol. The Morgan fingerprint density at radius 1 is 1.38 bits per heavy atom. The van der Waals surface area contributed by atoms with Gasteiger partial charge >= 0.3 is 0 Å². The highest BCUT2D eigenvalue weighted by molar-refractivity contribution is 7.91. The van der Waals surface area contributed by atoms with E-state index in [-0.39, 0.29) is 22.8 Å². The van der Waals surface area contributed by atoms with Gasteiger partial charge in [-0.1, -0.05) is 6.58 Å². The molecule has 0 saturated carbocycles. The molecule has 1 unspecified atom stereocenters. The fraction of sp³-hybridized carbons (Fsp3) is 0.727. The lowest BCUT2D eigenvalue weighted by molar-refractivity contribution is -0.129. The van der Waals surface area contributed by atoms with Crippen LogP contribution >= 0.6 is 0 Å². The third-order valence-corrected chi connectivity index (χ3v) is 5.50. The molecule has 2 saturated heterocycles. The molecule has 5 heteroatoms. The van der Waals surface area contributed by atoms with Gasteiger partial charge in [-0.15, -0.1) is 0 Å². The zero-order valence-electron chi connectivity index (χ0n) is 9.31. The number of piperidine rings is 1. The fourth-order valence-electron chi connectivity index (χ4n) is 2.83. The lowest BCUT2D eigenvalue weighted by Gasteiger charge is -2.39. The lowest BCUT2D eigenvalue weighted by atomic mass is 9.79. The number of nitrogens with zero attached hydrogens (tertiary/aromatic N) is 1. The highest BCUT2D eigenvalue weighted by Gasteiger charge is 2.45. The van der Waals surface area contributed by atoms with Crippen molar-refractivity contribution in [1.29, 1.82) is 0 Å². The highest BCUT2D eigenvalue weighted by Crippen LogP contribution is 2.40. The van der Waals surface area contributed by atoms with Gasteiger partial charge in [-0.25, -0.2) is 8.42 Å². The topological polar surface area (TPSA) is 54.5 Å². The quantitative estimate of drug-likeness (QED) is 0.634. The summed E-state index contributed by atoms with van der Waals surface area (Å²) in [4.78, 5) is 13.3. The molecule has 2 heterocycles. The summed E-state index contributed by atoms with van der Waals surface area (Å²) in [6.07, 6.45) is 3.83. The lowest BCUT2D eigenvalue weighted by Crippen LogP contribution is -2.46. The van der Waals surface area contributed by atoms with Crippen LogP contribution < -0.4 is 0 Å². The number of rotatable bonds is 1. The number of sulfone groups is 1. The van der Waals surface area contributed by atoms with Crippen molar-refractivity contribution in [2.75, 3.05) is 24.6 Å². The van der Waals surface area contributed by atoms with Crippen LogP contribution in [0.5, 0.6) is 0 Å². The average molecular weight is 243 g/mol. The molecule has 0 bridgehead atoms. The van der Waals surface area contributed by atoms with Gasteiger partial charge in [-0.2, -0.15) is 0 Å². The van der Waals surface area contributed by atoms with Gasteiger partial charge in [0.05, 0.1) is 11.5 Å². The maximum Gasteiger partial charge on any atom is 0.245 e. The Morgan fingerprint density at radius 3 is 2.69 bits per heavy atom. The Bertz CT molecular complexity index is 415. The highest BCUT2D eigenvalue weighted by atomic mass is 32.2. The molecule has 2 aliphatic heterocycles. The minimum atomic E-state index is -2.87. The van der Waals surface area contributed by atoms with Gasteiger partial charge in [0.1, 0.15) is 0 Å². The summed E-state index contributed by atoms with van der Waals surface area (Å²) in [5, 5.41) is 0. The molecular weight excluding hydrogens is 226 g/mol. The van der Waals surface area contributed by atoms with E-state index >= 15 is 0 Å².